The van der Waals surface area contributed by atoms with E-state index in [-0.39, 0.29) is 18.3 Å². The molecule has 1 atom stereocenters. The van der Waals surface area contributed by atoms with E-state index in [0.717, 1.165) is 37.2 Å². The molecular formula is C21H27ClN2O2. The van der Waals surface area contributed by atoms with Crippen molar-refractivity contribution in [1.82, 2.24) is 10.2 Å². The first-order valence-electron chi connectivity index (χ1n) is 8.90. The Labute approximate surface area is 162 Å². The summed E-state index contributed by atoms with van der Waals surface area (Å²) in [6.45, 7) is 4.17. The highest BCUT2D eigenvalue weighted by atomic mass is 35.5. The van der Waals surface area contributed by atoms with E-state index in [2.05, 4.69) is 24.4 Å². The van der Waals surface area contributed by atoms with Gasteiger partial charge in [-0.25, -0.2) is 0 Å². The Hall–Kier alpha value is -2.04. The van der Waals surface area contributed by atoms with Crippen molar-refractivity contribution < 1.29 is 9.53 Å². The van der Waals surface area contributed by atoms with Crippen LogP contribution < -0.4 is 10.1 Å². The van der Waals surface area contributed by atoms with E-state index in [0.29, 0.717) is 18.2 Å². The first-order chi connectivity index (χ1) is 12.2. The highest BCUT2D eigenvalue weighted by Gasteiger charge is 2.23. The van der Waals surface area contributed by atoms with Gasteiger partial charge in [-0.1, -0.05) is 35.9 Å². The monoisotopic (exact) mass is 374 g/mol. The molecule has 1 N–H and O–H groups in total. The second-order valence-electron chi connectivity index (χ2n) is 6.68. The molecule has 2 aromatic carbocycles. The van der Waals surface area contributed by atoms with E-state index in [1.165, 1.54) is 5.56 Å². The van der Waals surface area contributed by atoms with Crippen molar-refractivity contribution in [3.05, 3.63) is 65.2 Å². The molecule has 3 rings (SSSR count). The number of aryl methyl sites for hydroxylation is 1. The zero-order chi connectivity index (χ0) is 17.6. The van der Waals surface area contributed by atoms with Gasteiger partial charge in [0.2, 0.25) is 0 Å². The molecule has 0 aliphatic carbocycles. The summed E-state index contributed by atoms with van der Waals surface area (Å²) in [4.78, 5) is 14.7. The molecule has 1 saturated heterocycles. The third-order valence-corrected chi connectivity index (χ3v) is 4.69. The Morgan fingerprint density at radius 1 is 1.23 bits per heavy atom. The predicted octanol–water partition coefficient (Wildman–Crippen LogP) is 3.82. The van der Waals surface area contributed by atoms with E-state index in [4.69, 9.17) is 4.74 Å². The van der Waals surface area contributed by atoms with Crippen LogP contribution in [-0.4, -0.2) is 37.0 Å². The standard InChI is InChI=1S/C21H26N2O2.ClH/c1-16-6-3-7-17(12-16)15-25-20-10-4-8-18(13-20)21(24)23-11-5-9-19(14-23)22-2;/h3-4,6-8,10,12-13,19,22H,5,9,11,14-15H2,1-2H3;1H. The Balaban J connectivity index is 0.00000243. The summed E-state index contributed by atoms with van der Waals surface area (Å²) in [5.74, 6) is 0.815. The van der Waals surface area contributed by atoms with Gasteiger partial charge in [0.05, 0.1) is 0 Å². The summed E-state index contributed by atoms with van der Waals surface area (Å²) in [5, 5.41) is 3.28. The number of nitrogens with zero attached hydrogens (tertiary/aromatic N) is 1. The zero-order valence-electron chi connectivity index (χ0n) is 15.4. The Kier molecular flexibility index (Phi) is 7.49. The highest BCUT2D eigenvalue weighted by molar-refractivity contribution is 5.94. The van der Waals surface area contributed by atoms with Crippen LogP contribution in [-0.2, 0) is 6.61 Å². The topological polar surface area (TPSA) is 41.6 Å². The third-order valence-electron chi connectivity index (χ3n) is 4.69. The molecule has 5 heteroatoms. The lowest BCUT2D eigenvalue weighted by molar-refractivity contribution is 0.0697. The van der Waals surface area contributed by atoms with Gasteiger partial charge in [-0.2, -0.15) is 0 Å². The summed E-state index contributed by atoms with van der Waals surface area (Å²) in [5.41, 5.74) is 3.04. The zero-order valence-corrected chi connectivity index (χ0v) is 16.2. The minimum Gasteiger partial charge on any atom is -0.489 e. The number of carbonyl (C=O) groups excluding carboxylic acids is 1. The maximum atomic E-state index is 12.8. The van der Waals surface area contributed by atoms with E-state index >= 15 is 0 Å². The molecule has 0 aromatic heterocycles. The van der Waals surface area contributed by atoms with Crippen LogP contribution in [0.5, 0.6) is 5.75 Å². The maximum Gasteiger partial charge on any atom is 0.254 e. The molecule has 2 aromatic rings. The molecule has 1 heterocycles. The first-order valence-corrected chi connectivity index (χ1v) is 8.90. The summed E-state index contributed by atoms with van der Waals surface area (Å²) in [6.07, 6.45) is 2.17. The molecule has 0 bridgehead atoms. The smallest absolute Gasteiger partial charge is 0.254 e. The Morgan fingerprint density at radius 3 is 2.81 bits per heavy atom. The lowest BCUT2D eigenvalue weighted by Crippen LogP contribution is -2.46. The molecule has 140 valence electrons. The normalized spacial score (nSPS) is 16.7. The number of nitrogens with one attached hydrogen (secondary N) is 1. The minimum absolute atomic E-state index is 0. The van der Waals surface area contributed by atoms with Crippen LogP contribution in [0.1, 0.15) is 34.3 Å². The van der Waals surface area contributed by atoms with Gasteiger partial charge in [-0.05, 0) is 50.6 Å². The lowest BCUT2D eigenvalue weighted by Gasteiger charge is -2.32. The van der Waals surface area contributed by atoms with Crippen molar-refractivity contribution in [2.45, 2.75) is 32.4 Å². The van der Waals surface area contributed by atoms with E-state index in [1.54, 1.807) is 0 Å². The van der Waals surface area contributed by atoms with Crippen molar-refractivity contribution in [3.63, 3.8) is 0 Å². The van der Waals surface area contributed by atoms with Gasteiger partial charge in [-0.15, -0.1) is 12.4 Å². The minimum atomic E-state index is 0. The third kappa shape index (κ3) is 5.23. The van der Waals surface area contributed by atoms with Gasteiger partial charge in [0.15, 0.2) is 0 Å². The van der Waals surface area contributed by atoms with E-state index < -0.39 is 0 Å². The highest BCUT2D eigenvalue weighted by Crippen LogP contribution is 2.19. The van der Waals surface area contributed by atoms with E-state index in [9.17, 15) is 4.79 Å². The van der Waals surface area contributed by atoms with Crippen LogP contribution in [0.3, 0.4) is 0 Å². The van der Waals surface area contributed by atoms with Gasteiger partial charge < -0.3 is 15.0 Å². The molecule has 26 heavy (non-hydrogen) atoms. The van der Waals surface area contributed by atoms with Crippen LogP contribution in [0.25, 0.3) is 0 Å². The Bertz CT molecular complexity index is 735. The van der Waals surface area contributed by atoms with Gasteiger partial charge in [0, 0.05) is 24.7 Å². The van der Waals surface area contributed by atoms with Crippen molar-refractivity contribution in [1.29, 1.82) is 0 Å². The quantitative estimate of drug-likeness (QED) is 0.865. The number of carbonyl (C=O) groups is 1. The largest absolute Gasteiger partial charge is 0.489 e. The van der Waals surface area contributed by atoms with Crippen LogP contribution in [0.15, 0.2) is 48.5 Å². The predicted molar refractivity (Wildman–Crippen MR) is 107 cm³/mol. The number of piperidine rings is 1. The molecular weight excluding hydrogens is 348 g/mol. The maximum absolute atomic E-state index is 12.8. The summed E-state index contributed by atoms with van der Waals surface area (Å²) < 4.78 is 5.88. The number of amides is 1. The number of hydrogen-bond acceptors (Lipinski definition) is 3. The molecule has 0 radical (unpaired) electrons. The van der Waals surface area contributed by atoms with Crippen LogP contribution in [0.4, 0.5) is 0 Å². The van der Waals surface area contributed by atoms with Gasteiger partial charge in [0.25, 0.3) is 5.91 Å². The number of benzene rings is 2. The summed E-state index contributed by atoms with van der Waals surface area (Å²) in [6, 6.07) is 16.2. The van der Waals surface area contributed by atoms with E-state index in [1.807, 2.05) is 48.3 Å². The molecule has 1 fully saturated rings. The van der Waals surface area contributed by atoms with Crippen molar-refractivity contribution in [2.75, 3.05) is 20.1 Å². The first kappa shape index (κ1) is 20.3. The van der Waals surface area contributed by atoms with Gasteiger partial charge >= 0.3 is 0 Å². The SMILES string of the molecule is CNC1CCCN(C(=O)c2cccc(OCc3cccc(C)c3)c2)C1.Cl. The molecule has 0 spiro atoms. The fourth-order valence-corrected chi connectivity index (χ4v) is 3.27. The van der Waals surface area contributed by atoms with Crippen molar-refractivity contribution in [3.8, 4) is 5.75 Å². The van der Waals surface area contributed by atoms with Crippen LogP contribution in [0.2, 0.25) is 0 Å². The molecule has 1 aliphatic heterocycles. The molecule has 1 unspecified atom stereocenters. The number of ether oxygens (including phenoxy) is 1. The average molecular weight is 375 g/mol. The fraction of sp³-hybridized carbons (Fsp3) is 0.381. The summed E-state index contributed by atoms with van der Waals surface area (Å²) >= 11 is 0. The number of halogens is 1. The second kappa shape index (κ2) is 9.60. The average Bonchev–Trinajstić information content (AvgIpc) is 2.66. The second-order valence-corrected chi connectivity index (χ2v) is 6.68. The fourth-order valence-electron chi connectivity index (χ4n) is 3.27. The lowest BCUT2D eigenvalue weighted by atomic mass is 10.0. The summed E-state index contributed by atoms with van der Waals surface area (Å²) in [7, 11) is 1.96. The molecule has 0 saturated carbocycles. The number of likely N-dealkylation sites (N-methyl/N-ethyl adjacent to an activating group) is 1. The number of likely N-dealkylation sites (tertiary alicyclic amines) is 1. The molecule has 1 aliphatic rings. The van der Waals surface area contributed by atoms with Gasteiger partial charge in [-0.3, -0.25) is 4.79 Å². The Morgan fingerprint density at radius 2 is 2.04 bits per heavy atom. The van der Waals surface area contributed by atoms with Gasteiger partial charge in [0.1, 0.15) is 12.4 Å². The molecule has 1 amide bonds. The number of rotatable bonds is 5. The van der Waals surface area contributed by atoms with Crippen molar-refractivity contribution >= 4 is 18.3 Å². The van der Waals surface area contributed by atoms with Crippen LogP contribution in [0, 0.1) is 6.92 Å². The van der Waals surface area contributed by atoms with Crippen molar-refractivity contribution in [2.24, 2.45) is 0 Å². The van der Waals surface area contributed by atoms with Crippen LogP contribution >= 0.6 is 12.4 Å². The number of hydrogen-bond donors (Lipinski definition) is 1. The molecule has 4 nitrogen and oxygen atoms in total.